The zero-order valence-corrected chi connectivity index (χ0v) is 20.2. The summed E-state index contributed by atoms with van der Waals surface area (Å²) >= 11 is 9.77. The minimum absolute atomic E-state index is 0.157. The van der Waals surface area contributed by atoms with Crippen molar-refractivity contribution >= 4 is 46.1 Å². The zero-order chi connectivity index (χ0) is 22.9. The van der Waals surface area contributed by atoms with Gasteiger partial charge in [0.15, 0.2) is 0 Å². The summed E-state index contributed by atoms with van der Waals surface area (Å²) in [6.07, 6.45) is 5.16. The highest BCUT2D eigenvalue weighted by Gasteiger charge is 2.13. The first-order valence-electron chi connectivity index (χ1n) is 10.9. The van der Waals surface area contributed by atoms with Gasteiger partial charge in [-0.15, -0.1) is 0 Å². The number of carbonyl (C=O) groups excluding carboxylic acids is 1. The van der Waals surface area contributed by atoms with Crippen molar-refractivity contribution in [2.24, 2.45) is 0 Å². The van der Waals surface area contributed by atoms with Crippen LogP contribution in [0.3, 0.4) is 0 Å². The second-order valence-electron chi connectivity index (χ2n) is 7.84. The van der Waals surface area contributed by atoms with Crippen molar-refractivity contribution in [3.8, 4) is 0 Å². The lowest BCUT2D eigenvalue weighted by atomic mass is 10.1. The van der Waals surface area contributed by atoms with Crippen LogP contribution in [0.2, 0.25) is 10.0 Å². The fourth-order valence-electron chi connectivity index (χ4n) is 3.82. The summed E-state index contributed by atoms with van der Waals surface area (Å²) in [4.78, 5) is 14.8. The van der Waals surface area contributed by atoms with Crippen LogP contribution in [0.4, 0.5) is 5.69 Å². The van der Waals surface area contributed by atoms with Crippen LogP contribution in [0.5, 0.6) is 0 Å². The Kier molecular flexibility index (Phi) is 9.81. The fraction of sp³-hybridized carbons (Fsp3) is 0.435. The van der Waals surface area contributed by atoms with Crippen LogP contribution < -0.4 is 9.62 Å². The van der Waals surface area contributed by atoms with Gasteiger partial charge in [-0.05, 0) is 81.2 Å². The molecule has 1 aliphatic rings. The van der Waals surface area contributed by atoms with E-state index in [9.17, 15) is 13.6 Å². The van der Waals surface area contributed by atoms with E-state index in [-0.39, 0.29) is 12.5 Å². The number of likely N-dealkylation sites (tertiary alicyclic amines) is 1. The molecule has 0 spiro atoms. The minimum Gasteiger partial charge on any atom is -0.755 e. The van der Waals surface area contributed by atoms with E-state index in [0.29, 0.717) is 34.3 Å². The van der Waals surface area contributed by atoms with Gasteiger partial charge >= 0.3 is 0 Å². The quantitative estimate of drug-likeness (QED) is 0.389. The second kappa shape index (κ2) is 12.6. The third-order valence-electron chi connectivity index (χ3n) is 5.60. The number of nitrogens with one attached hydrogen (secondary N) is 1. The van der Waals surface area contributed by atoms with E-state index in [1.807, 2.05) is 6.07 Å². The third-order valence-corrected chi connectivity index (χ3v) is 7.21. The molecule has 32 heavy (non-hydrogen) atoms. The molecule has 1 atom stereocenters. The summed E-state index contributed by atoms with van der Waals surface area (Å²) in [6.45, 7) is 4.12. The van der Waals surface area contributed by atoms with Gasteiger partial charge < -0.3 is 19.1 Å². The van der Waals surface area contributed by atoms with Crippen LogP contribution in [0.25, 0.3) is 0 Å². The third kappa shape index (κ3) is 7.18. The van der Waals surface area contributed by atoms with Crippen molar-refractivity contribution in [2.45, 2.75) is 32.1 Å². The molecule has 0 bridgehead atoms. The number of rotatable bonds is 10. The average Bonchev–Trinajstić information content (AvgIpc) is 2.80. The Morgan fingerprint density at radius 3 is 2.50 bits per heavy atom. The van der Waals surface area contributed by atoms with Crippen LogP contribution in [0, 0.1) is 0 Å². The highest BCUT2D eigenvalue weighted by atomic mass is 35.5. The lowest BCUT2D eigenvalue weighted by Gasteiger charge is -2.27. The van der Waals surface area contributed by atoms with Gasteiger partial charge in [-0.2, -0.15) is 0 Å². The molecule has 2 aromatic carbocycles. The second-order valence-corrected chi connectivity index (χ2v) is 9.50. The molecule has 0 aliphatic carbocycles. The number of benzene rings is 2. The van der Waals surface area contributed by atoms with Gasteiger partial charge in [0.25, 0.3) is 5.91 Å². The van der Waals surface area contributed by atoms with Crippen molar-refractivity contribution < 1.29 is 13.6 Å². The molecule has 1 aliphatic heterocycles. The summed E-state index contributed by atoms with van der Waals surface area (Å²) in [6, 6.07) is 11.8. The number of anilines is 1. The fourth-order valence-corrected chi connectivity index (χ4v) is 4.77. The molecule has 1 heterocycles. The molecule has 1 N–H and O–H groups in total. The molecule has 1 fully saturated rings. The number of halogens is 2. The summed E-state index contributed by atoms with van der Waals surface area (Å²) in [5.74, 6) is -0.157. The number of hydrogen-bond donors (Lipinski definition) is 1. The topological polar surface area (TPSA) is 75.7 Å². The molecule has 0 saturated carbocycles. The predicted octanol–water partition coefficient (Wildman–Crippen LogP) is 4.44. The van der Waals surface area contributed by atoms with E-state index in [1.165, 1.54) is 23.6 Å². The Morgan fingerprint density at radius 2 is 1.81 bits per heavy atom. The van der Waals surface area contributed by atoms with E-state index in [0.717, 1.165) is 31.6 Å². The largest absolute Gasteiger partial charge is 0.755 e. The molecule has 0 aromatic heterocycles. The minimum atomic E-state index is -2.46. The number of piperidine rings is 1. The standard InChI is InChI=1S/C23H29Cl2N3O3S/c24-21-7-4-6-18(22(21)25)12-17-28(32(30)31)20-10-8-19(9-11-20)23(29)26-13-5-16-27-14-2-1-3-15-27/h4,6-11H,1-3,5,12-17H2,(H,26,29)(H,30,31)/p-1. The van der Waals surface area contributed by atoms with Crippen molar-refractivity contribution in [3.05, 3.63) is 63.6 Å². The van der Waals surface area contributed by atoms with E-state index in [1.54, 1.807) is 36.4 Å². The van der Waals surface area contributed by atoms with Gasteiger partial charge in [0.05, 0.1) is 10.0 Å². The van der Waals surface area contributed by atoms with Gasteiger partial charge in [0.1, 0.15) is 0 Å². The molecule has 1 unspecified atom stereocenters. The van der Waals surface area contributed by atoms with Crippen LogP contribution in [-0.4, -0.2) is 52.3 Å². The van der Waals surface area contributed by atoms with Gasteiger partial charge in [0, 0.05) is 35.6 Å². The lowest BCUT2D eigenvalue weighted by Crippen LogP contribution is -2.33. The Hall–Kier alpha value is -1.64. The highest BCUT2D eigenvalue weighted by molar-refractivity contribution is 7.80. The highest BCUT2D eigenvalue weighted by Crippen LogP contribution is 2.26. The molecular weight excluding hydrogens is 469 g/mol. The van der Waals surface area contributed by atoms with Crippen LogP contribution in [0.1, 0.15) is 41.6 Å². The Bertz CT molecular complexity index is 921. The van der Waals surface area contributed by atoms with E-state index < -0.39 is 11.3 Å². The van der Waals surface area contributed by atoms with Gasteiger partial charge in [-0.3, -0.25) is 9.00 Å². The first-order valence-corrected chi connectivity index (χ1v) is 12.6. The number of amides is 1. The van der Waals surface area contributed by atoms with E-state index in [4.69, 9.17) is 23.2 Å². The maximum atomic E-state index is 12.4. The van der Waals surface area contributed by atoms with Crippen molar-refractivity contribution in [1.82, 2.24) is 10.2 Å². The van der Waals surface area contributed by atoms with Crippen LogP contribution in [0.15, 0.2) is 42.5 Å². The zero-order valence-electron chi connectivity index (χ0n) is 17.9. The number of carbonyl (C=O) groups is 1. The lowest BCUT2D eigenvalue weighted by molar-refractivity contribution is 0.0951. The molecule has 2 aromatic rings. The van der Waals surface area contributed by atoms with Gasteiger partial charge in [-0.1, -0.05) is 41.8 Å². The maximum Gasteiger partial charge on any atom is 0.251 e. The average molecular weight is 497 g/mol. The number of hydrogen-bond acceptors (Lipinski definition) is 4. The first kappa shape index (κ1) is 25.0. The Morgan fingerprint density at radius 1 is 1.09 bits per heavy atom. The number of nitrogens with zero attached hydrogens (tertiary/aromatic N) is 2. The molecule has 6 nitrogen and oxygen atoms in total. The van der Waals surface area contributed by atoms with Gasteiger partial charge in [-0.25, -0.2) is 0 Å². The van der Waals surface area contributed by atoms with Crippen molar-refractivity contribution in [2.75, 3.05) is 37.0 Å². The van der Waals surface area contributed by atoms with Crippen LogP contribution in [-0.2, 0) is 17.7 Å². The molecule has 3 rings (SSSR count). The SMILES string of the molecule is O=C(NCCCN1CCCCC1)c1ccc(N(CCc2cccc(Cl)c2Cl)S(=O)[O-])cc1. The molecule has 0 radical (unpaired) electrons. The summed E-state index contributed by atoms with van der Waals surface area (Å²) in [5.41, 5.74) is 1.76. The Balaban J connectivity index is 1.51. The monoisotopic (exact) mass is 496 g/mol. The Labute approximate surface area is 202 Å². The first-order chi connectivity index (χ1) is 15.5. The maximum absolute atomic E-state index is 12.4. The molecular formula is C23H28Cl2N3O3S-. The van der Waals surface area contributed by atoms with E-state index in [2.05, 4.69) is 10.2 Å². The summed E-state index contributed by atoms with van der Waals surface area (Å²) in [5, 5.41) is 3.80. The van der Waals surface area contributed by atoms with Crippen LogP contribution >= 0.6 is 23.2 Å². The predicted molar refractivity (Wildman–Crippen MR) is 130 cm³/mol. The summed E-state index contributed by atoms with van der Waals surface area (Å²) < 4.78 is 24.8. The molecule has 1 amide bonds. The van der Waals surface area contributed by atoms with Crippen molar-refractivity contribution in [1.29, 1.82) is 0 Å². The normalized spacial score (nSPS) is 15.3. The van der Waals surface area contributed by atoms with Crippen molar-refractivity contribution in [3.63, 3.8) is 0 Å². The summed E-state index contributed by atoms with van der Waals surface area (Å²) in [7, 11) is 0. The van der Waals surface area contributed by atoms with Gasteiger partial charge in [0.2, 0.25) is 0 Å². The van der Waals surface area contributed by atoms with E-state index >= 15 is 0 Å². The molecule has 174 valence electrons. The molecule has 9 heteroatoms. The smallest absolute Gasteiger partial charge is 0.251 e. The molecule has 1 saturated heterocycles.